The number of aliphatic hydroxyl groups excluding tert-OH is 1. The zero-order valence-corrected chi connectivity index (χ0v) is 41.5. The smallest absolute Gasteiger partial charge is 0.311 e. The Morgan fingerprint density at radius 2 is 1.56 bits per heavy atom. The molecule has 4 rings (SSSR count). The SMILES string of the molecule is CC[C@H]1OC(=O)[C@H](C)[C@@H](OC2C[C@@](C)(OC)[C@@H](OC(C)=O)[C@H](C)O2)[C@@H](C)[C@@H](O[C@@H]2O[C@H](C)C[C@H](N(C)C)[C@H]2O)[C@](C)(OC)C[C@@H](C)CC(C)[C@H](CCO/C=C/c2ccccc2)[C@]1(C)O. The lowest BCUT2D eigenvalue weighted by Crippen LogP contribution is -2.61. The van der Waals surface area contributed by atoms with Crippen molar-refractivity contribution in [1.29, 1.82) is 0 Å². The Hall–Kier alpha value is -2.66. The third-order valence-electron chi connectivity index (χ3n) is 14.5. The number of carbonyl (C=O) groups is 2. The molecule has 1 aromatic carbocycles. The van der Waals surface area contributed by atoms with Crippen LogP contribution in [-0.4, -0.2) is 140 Å². The van der Waals surface area contributed by atoms with Crippen molar-refractivity contribution in [2.45, 2.75) is 193 Å². The third kappa shape index (κ3) is 13.3. The van der Waals surface area contributed by atoms with Crippen molar-refractivity contribution in [2.24, 2.45) is 29.6 Å². The van der Waals surface area contributed by atoms with Gasteiger partial charge in [0.2, 0.25) is 0 Å². The largest absolute Gasteiger partial charge is 0.501 e. The fraction of sp³-hybridized carbons (Fsp3) is 0.800. The molecule has 3 saturated heterocycles. The Morgan fingerprint density at radius 1 is 0.922 bits per heavy atom. The van der Waals surface area contributed by atoms with Crippen molar-refractivity contribution >= 4 is 18.0 Å². The second kappa shape index (κ2) is 23.4. The molecule has 0 saturated carbocycles. The van der Waals surface area contributed by atoms with Gasteiger partial charge in [-0.2, -0.15) is 0 Å². The van der Waals surface area contributed by atoms with Crippen LogP contribution in [0, 0.1) is 29.6 Å². The molecule has 1 aromatic rings. The highest BCUT2D eigenvalue weighted by Gasteiger charge is 2.54. The molecule has 3 heterocycles. The van der Waals surface area contributed by atoms with Gasteiger partial charge in [-0.25, -0.2) is 0 Å². The summed E-state index contributed by atoms with van der Waals surface area (Å²) in [4.78, 5) is 28.9. The van der Waals surface area contributed by atoms with Crippen LogP contribution >= 0.6 is 0 Å². The van der Waals surface area contributed by atoms with Gasteiger partial charge in [0.15, 0.2) is 18.7 Å². The summed E-state index contributed by atoms with van der Waals surface area (Å²) in [5.74, 6) is -2.88. The summed E-state index contributed by atoms with van der Waals surface area (Å²) in [5, 5.41) is 24.4. The lowest BCUT2D eigenvalue weighted by molar-refractivity contribution is -0.320. The fourth-order valence-electron chi connectivity index (χ4n) is 10.9. The molecular weight excluding hydrogens is 823 g/mol. The van der Waals surface area contributed by atoms with Crippen LogP contribution in [0.4, 0.5) is 0 Å². The van der Waals surface area contributed by atoms with Crippen molar-refractivity contribution in [3.63, 3.8) is 0 Å². The molecule has 3 aliphatic rings. The number of nitrogens with zero attached hydrogens (tertiary/aromatic N) is 1. The van der Waals surface area contributed by atoms with Gasteiger partial charge in [-0.05, 0) is 117 Å². The second-order valence-corrected chi connectivity index (χ2v) is 20.0. The summed E-state index contributed by atoms with van der Waals surface area (Å²) in [7, 11) is 7.07. The lowest BCUT2D eigenvalue weighted by atomic mass is 9.70. The normalized spacial score (nSPS) is 41.9. The first-order chi connectivity index (χ1) is 30.0. The first-order valence-corrected chi connectivity index (χ1v) is 23.5. The van der Waals surface area contributed by atoms with Crippen molar-refractivity contribution < 1.29 is 62.4 Å². The van der Waals surface area contributed by atoms with Crippen LogP contribution in [0.5, 0.6) is 0 Å². The summed E-state index contributed by atoms with van der Waals surface area (Å²) in [6, 6.07) is 9.66. The molecule has 64 heavy (non-hydrogen) atoms. The van der Waals surface area contributed by atoms with Crippen molar-refractivity contribution in [3.05, 3.63) is 42.2 Å². The highest BCUT2D eigenvalue weighted by Crippen LogP contribution is 2.44. The first-order valence-electron chi connectivity index (χ1n) is 23.5. The van der Waals surface area contributed by atoms with Crippen LogP contribution in [0.3, 0.4) is 0 Å². The summed E-state index contributed by atoms with van der Waals surface area (Å²) in [5.41, 5.74) is -2.42. The van der Waals surface area contributed by atoms with Crippen LogP contribution < -0.4 is 0 Å². The van der Waals surface area contributed by atoms with Crippen LogP contribution in [0.25, 0.3) is 6.08 Å². The fourth-order valence-corrected chi connectivity index (χ4v) is 10.9. The minimum absolute atomic E-state index is 0.0321. The Balaban J connectivity index is 1.80. The number of benzene rings is 1. The van der Waals surface area contributed by atoms with Gasteiger partial charge in [0.25, 0.3) is 0 Å². The van der Waals surface area contributed by atoms with Gasteiger partial charge in [0.1, 0.15) is 23.4 Å². The van der Waals surface area contributed by atoms with E-state index in [1.165, 1.54) is 6.92 Å². The van der Waals surface area contributed by atoms with E-state index in [2.05, 4.69) is 13.8 Å². The van der Waals surface area contributed by atoms with Crippen LogP contribution in [0.2, 0.25) is 0 Å². The van der Waals surface area contributed by atoms with E-state index in [0.717, 1.165) is 5.56 Å². The number of likely N-dealkylation sites (N-methyl/N-ethyl adjacent to an activating group) is 1. The van der Waals surface area contributed by atoms with Crippen LogP contribution in [0.1, 0.15) is 120 Å². The van der Waals surface area contributed by atoms with E-state index < -0.39 is 89.8 Å². The number of hydrogen-bond acceptors (Lipinski definition) is 14. The van der Waals surface area contributed by atoms with E-state index in [-0.39, 0.29) is 36.3 Å². The lowest BCUT2D eigenvalue weighted by Gasteiger charge is -2.50. The number of ether oxygens (including phenoxy) is 9. The molecule has 2 unspecified atom stereocenters. The molecule has 0 radical (unpaired) electrons. The molecule has 3 aliphatic heterocycles. The molecule has 2 N–H and O–H groups in total. The quantitative estimate of drug-likeness (QED) is 0.110. The zero-order chi connectivity index (χ0) is 47.7. The highest BCUT2D eigenvalue weighted by molar-refractivity contribution is 5.73. The summed E-state index contributed by atoms with van der Waals surface area (Å²) in [6.07, 6.45) is -0.634. The van der Waals surface area contributed by atoms with E-state index in [9.17, 15) is 19.8 Å². The Morgan fingerprint density at radius 3 is 2.16 bits per heavy atom. The number of cyclic esters (lactones) is 1. The monoisotopic (exact) mass is 906 g/mol. The Kier molecular flexibility index (Phi) is 19.7. The first kappa shape index (κ1) is 54.0. The summed E-state index contributed by atoms with van der Waals surface area (Å²) >= 11 is 0. The maximum atomic E-state index is 14.8. The number of methoxy groups -OCH3 is 2. The maximum Gasteiger partial charge on any atom is 0.311 e. The van der Waals surface area contributed by atoms with Gasteiger partial charge in [-0.15, -0.1) is 0 Å². The Labute approximate surface area is 383 Å². The highest BCUT2D eigenvalue weighted by atomic mass is 16.7. The minimum atomic E-state index is -1.43. The molecule has 0 aliphatic carbocycles. The number of rotatable bonds is 14. The molecule has 0 bridgehead atoms. The standard InChI is InChI=1S/C50H83NO13/c1-16-40-50(11,55)38(23-25-58-24-22-37-20-18-17-19-21-37)31(3)26-30(2)28-48(9,56-14)44(64-47-42(53)39(51(12)13)27-32(4)59-47)33(5)43(34(6)46(54)62-40)63-41-29-49(10,57-15)45(35(7)60-41)61-36(8)52/h17-22,24,30-35,38-45,47,53,55H,16,23,25-29H2,1-15H3/b24-22+/t30-,31?,32+,33+,34+,35-,38-,39-,40+,41?,42+,43-,44+,45-,47-,48+,49+,50-/m0/s1. The van der Waals surface area contributed by atoms with Gasteiger partial charge in [0.05, 0.1) is 48.8 Å². The van der Waals surface area contributed by atoms with E-state index in [1.807, 2.05) is 90.0 Å². The van der Waals surface area contributed by atoms with Gasteiger partial charge >= 0.3 is 11.9 Å². The number of carbonyl (C=O) groups excluding carboxylic acids is 2. The van der Waals surface area contributed by atoms with E-state index in [1.54, 1.807) is 41.3 Å². The number of hydrogen-bond donors (Lipinski definition) is 2. The van der Waals surface area contributed by atoms with Gasteiger partial charge < -0.3 is 57.7 Å². The molecule has 14 heteroatoms. The third-order valence-corrected chi connectivity index (χ3v) is 14.5. The summed E-state index contributed by atoms with van der Waals surface area (Å²) < 4.78 is 57.6. The predicted octanol–water partition coefficient (Wildman–Crippen LogP) is 7.16. The van der Waals surface area contributed by atoms with E-state index >= 15 is 0 Å². The zero-order valence-electron chi connectivity index (χ0n) is 41.5. The molecule has 0 aromatic heterocycles. The van der Waals surface area contributed by atoms with Crippen molar-refractivity contribution in [2.75, 3.05) is 34.9 Å². The number of aliphatic hydroxyl groups is 2. The second-order valence-electron chi connectivity index (χ2n) is 20.0. The molecule has 14 nitrogen and oxygen atoms in total. The molecular formula is C50H83NO13. The van der Waals surface area contributed by atoms with E-state index in [4.69, 9.17) is 42.6 Å². The van der Waals surface area contributed by atoms with Gasteiger partial charge in [-0.1, -0.05) is 58.0 Å². The maximum absolute atomic E-state index is 14.8. The van der Waals surface area contributed by atoms with Crippen LogP contribution in [-0.2, 0) is 52.2 Å². The molecule has 0 amide bonds. The van der Waals surface area contributed by atoms with Crippen molar-refractivity contribution in [3.8, 4) is 0 Å². The summed E-state index contributed by atoms with van der Waals surface area (Å²) in [6.45, 7) is 21.0. The number of esters is 2. The average Bonchev–Trinajstić information content (AvgIpc) is 3.23. The molecule has 18 atom stereocenters. The van der Waals surface area contributed by atoms with Gasteiger partial charge in [0, 0.05) is 39.5 Å². The predicted molar refractivity (Wildman–Crippen MR) is 244 cm³/mol. The average molecular weight is 906 g/mol. The topological polar surface area (TPSA) is 161 Å². The van der Waals surface area contributed by atoms with Crippen LogP contribution in [0.15, 0.2) is 36.6 Å². The Bertz CT molecular complexity index is 1630. The van der Waals surface area contributed by atoms with Gasteiger partial charge in [-0.3, -0.25) is 9.59 Å². The molecule has 366 valence electrons. The van der Waals surface area contributed by atoms with Crippen molar-refractivity contribution in [1.82, 2.24) is 4.90 Å². The minimum Gasteiger partial charge on any atom is -0.501 e. The van der Waals surface area contributed by atoms with E-state index in [0.29, 0.717) is 38.7 Å². The molecule has 0 spiro atoms. The molecule has 3 fully saturated rings.